The molecule has 0 atom stereocenters. The lowest BCUT2D eigenvalue weighted by Crippen LogP contribution is -2.50. The maximum absolute atomic E-state index is 14.1. The molecule has 0 saturated carbocycles. The Bertz CT molecular complexity index is 1620. The summed E-state index contributed by atoms with van der Waals surface area (Å²) in [6.45, 7) is 7.00. The Morgan fingerprint density at radius 2 is 1.39 bits per heavy atom. The van der Waals surface area contributed by atoms with Crippen LogP contribution in [0.2, 0.25) is 5.02 Å². The number of hydrogen-bond donors (Lipinski definition) is 0. The van der Waals surface area contributed by atoms with Gasteiger partial charge in [0.05, 0.1) is 17.4 Å². The maximum Gasteiger partial charge on any atom is 0.272 e. The van der Waals surface area contributed by atoms with Gasteiger partial charge in [-0.05, 0) is 66.4 Å². The molecule has 1 aliphatic rings. The molecule has 6 heteroatoms. The first-order valence-corrected chi connectivity index (χ1v) is 14.4. The third kappa shape index (κ3) is 5.69. The number of rotatable bonds is 6. The van der Waals surface area contributed by atoms with Gasteiger partial charge in [-0.2, -0.15) is 5.10 Å². The average Bonchev–Trinajstić information content (AvgIpc) is 3.46. The number of carbonyl (C=O) groups is 1. The Labute approximate surface area is 246 Å². The molecule has 5 nitrogen and oxygen atoms in total. The highest BCUT2D eigenvalue weighted by molar-refractivity contribution is 6.30. The van der Waals surface area contributed by atoms with Crippen molar-refractivity contribution < 1.29 is 4.79 Å². The molecule has 6 rings (SSSR count). The van der Waals surface area contributed by atoms with E-state index >= 15 is 0 Å². The van der Waals surface area contributed by atoms with Crippen LogP contribution in [-0.4, -0.2) is 51.7 Å². The molecular formula is C35H33ClN4O. The van der Waals surface area contributed by atoms with Crippen LogP contribution in [-0.2, 0) is 0 Å². The largest absolute Gasteiger partial charge is 0.335 e. The van der Waals surface area contributed by atoms with Crippen LogP contribution >= 0.6 is 11.6 Å². The lowest BCUT2D eigenvalue weighted by Gasteiger charge is -2.39. The SMILES string of the molecule is Cc1ccc(-c2cc(C(=O)N3CCN(C(c4ccccc4)c4ccccc4)CC3)n(-c3cccc(Cl)c3)n2)cc1C. The number of hydrogen-bond acceptors (Lipinski definition) is 3. The van der Waals surface area contributed by atoms with Gasteiger partial charge in [0, 0.05) is 36.8 Å². The van der Waals surface area contributed by atoms with Gasteiger partial charge in [-0.3, -0.25) is 9.69 Å². The van der Waals surface area contributed by atoms with E-state index < -0.39 is 0 Å². The zero-order chi connectivity index (χ0) is 28.3. The van der Waals surface area contributed by atoms with Gasteiger partial charge in [0.1, 0.15) is 5.69 Å². The predicted molar refractivity (Wildman–Crippen MR) is 166 cm³/mol. The highest BCUT2D eigenvalue weighted by Gasteiger charge is 2.30. The van der Waals surface area contributed by atoms with Crippen molar-refractivity contribution in [3.63, 3.8) is 0 Å². The summed E-state index contributed by atoms with van der Waals surface area (Å²) < 4.78 is 1.74. The zero-order valence-electron chi connectivity index (χ0n) is 23.4. The van der Waals surface area contributed by atoms with Crippen LogP contribution in [0.15, 0.2) is 109 Å². The van der Waals surface area contributed by atoms with E-state index in [4.69, 9.17) is 16.7 Å². The van der Waals surface area contributed by atoms with Crippen LogP contribution in [0.5, 0.6) is 0 Å². The molecule has 1 aromatic heterocycles. The normalized spacial score (nSPS) is 14.0. The fourth-order valence-electron chi connectivity index (χ4n) is 5.61. The first-order valence-electron chi connectivity index (χ1n) is 14.0. The molecule has 206 valence electrons. The first-order chi connectivity index (χ1) is 20.0. The van der Waals surface area contributed by atoms with Gasteiger partial charge in [-0.25, -0.2) is 4.68 Å². The molecule has 41 heavy (non-hydrogen) atoms. The second-order valence-electron chi connectivity index (χ2n) is 10.7. The predicted octanol–water partition coefficient (Wildman–Crippen LogP) is 7.36. The molecule has 0 N–H and O–H groups in total. The number of nitrogens with zero attached hydrogens (tertiary/aromatic N) is 4. The van der Waals surface area contributed by atoms with Crippen molar-refractivity contribution in [1.29, 1.82) is 0 Å². The molecule has 1 fully saturated rings. The number of amides is 1. The number of carbonyl (C=O) groups excluding carboxylic acids is 1. The van der Waals surface area contributed by atoms with Crippen LogP contribution in [0.25, 0.3) is 16.9 Å². The minimum atomic E-state index is -0.0248. The summed E-state index contributed by atoms with van der Waals surface area (Å²) in [5, 5.41) is 5.50. The molecule has 0 aliphatic carbocycles. The molecular weight excluding hydrogens is 528 g/mol. The number of aromatic nitrogens is 2. The summed E-state index contributed by atoms with van der Waals surface area (Å²) in [5.41, 5.74) is 7.99. The minimum absolute atomic E-state index is 0.0248. The quantitative estimate of drug-likeness (QED) is 0.218. The standard InChI is InChI=1S/C35H33ClN4O/c1-25-16-17-29(22-26(25)2)32-24-33(40(37-32)31-15-9-14-30(36)23-31)35(41)39-20-18-38(19-21-39)34(27-10-5-3-6-11-27)28-12-7-4-8-13-28/h3-17,22-24,34H,18-21H2,1-2H3. The zero-order valence-corrected chi connectivity index (χ0v) is 24.1. The van der Waals surface area contributed by atoms with Crippen molar-refractivity contribution in [3.05, 3.63) is 142 Å². The monoisotopic (exact) mass is 560 g/mol. The molecule has 0 radical (unpaired) electrons. The molecule has 4 aromatic carbocycles. The van der Waals surface area contributed by atoms with Gasteiger partial charge in [-0.15, -0.1) is 0 Å². The van der Waals surface area contributed by atoms with Crippen molar-refractivity contribution in [1.82, 2.24) is 19.6 Å². The van der Waals surface area contributed by atoms with Crippen LogP contribution in [0.4, 0.5) is 0 Å². The second kappa shape index (κ2) is 11.7. The molecule has 1 saturated heterocycles. The number of benzene rings is 4. The number of piperazine rings is 1. The van der Waals surface area contributed by atoms with Gasteiger partial charge >= 0.3 is 0 Å². The number of halogens is 1. The van der Waals surface area contributed by atoms with Crippen molar-refractivity contribution in [2.45, 2.75) is 19.9 Å². The third-order valence-electron chi connectivity index (χ3n) is 7.98. The van der Waals surface area contributed by atoms with Crippen LogP contribution in [0.1, 0.15) is 38.8 Å². The Balaban J connectivity index is 1.29. The van der Waals surface area contributed by atoms with Crippen molar-refractivity contribution in [2.75, 3.05) is 26.2 Å². The smallest absolute Gasteiger partial charge is 0.272 e. The summed E-state index contributed by atoms with van der Waals surface area (Å²) in [6, 6.07) is 37.1. The fraction of sp³-hybridized carbons (Fsp3) is 0.200. The summed E-state index contributed by atoms with van der Waals surface area (Å²) >= 11 is 6.34. The van der Waals surface area contributed by atoms with E-state index in [-0.39, 0.29) is 11.9 Å². The molecule has 2 heterocycles. The Morgan fingerprint density at radius 1 is 0.732 bits per heavy atom. The Hall–Kier alpha value is -4.19. The van der Waals surface area contributed by atoms with E-state index in [9.17, 15) is 4.79 Å². The Morgan fingerprint density at radius 3 is 2.00 bits per heavy atom. The average molecular weight is 561 g/mol. The van der Waals surface area contributed by atoms with Crippen molar-refractivity contribution >= 4 is 17.5 Å². The first kappa shape index (κ1) is 27.0. The van der Waals surface area contributed by atoms with Crippen molar-refractivity contribution in [2.24, 2.45) is 0 Å². The van der Waals surface area contributed by atoms with Gasteiger partial charge in [0.15, 0.2) is 0 Å². The molecule has 0 bridgehead atoms. The number of aryl methyl sites for hydroxylation is 2. The van der Waals surface area contributed by atoms with E-state index in [0.717, 1.165) is 30.0 Å². The van der Waals surface area contributed by atoms with Crippen molar-refractivity contribution in [3.8, 4) is 16.9 Å². The molecule has 0 unspecified atom stereocenters. The lowest BCUT2D eigenvalue weighted by molar-refractivity contribution is 0.0588. The molecule has 0 spiro atoms. The van der Waals surface area contributed by atoms with Gasteiger partial charge in [0.2, 0.25) is 0 Å². The summed E-state index contributed by atoms with van der Waals surface area (Å²) in [6.07, 6.45) is 0. The minimum Gasteiger partial charge on any atom is -0.335 e. The second-order valence-corrected chi connectivity index (χ2v) is 11.1. The van der Waals surface area contributed by atoms with Crippen LogP contribution in [0.3, 0.4) is 0 Å². The van der Waals surface area contributed by atoms with Crippen LogP contribution < -0.4 is 0 Å². The highest BCUT2D eigenvalue weighted by Crippen LogP contribution is 2.30. The molecule has 1 aliphatic heterocycles. The molecule has 1 amide bonds. The third-order valence-corrected chi connectivity index (χ3v) is 8.22. The van der Waals surface area contributed by atoms with E-state index in [1.807, 2.05) is 35.2 Å². The summed E-state index contributed by atoms with van der Waals surface area (Å²) in [5.74, 6) is -0.0248. The van der Waals surface area contributed by atoms with Crippen LogP contribution in [0, 0.1) is 13.8 Å². The van der Waals surface area contributed by atoms with Gasteiger partial charge in [0.25, 0.3) is 5.91 Å². The topological polar surface area (TPSA) is 41.4 Å². The van der Waals surface area contributed by atoms with E-state index in [1.54, 1.807) is 4.68 Å². The fourth-order valence-corrected chi connectivity index (χ4v) is 5.79. The Kier molecular flexibility index (Phi) is 7.73. The highest BCUT2D eigenvalue weighted by atomic mass is 35.5. The van der Waals surface area contributed by atoms with E-state index in [0.29, 0.717) is 23.8 Å². The van der Waals surface area contributed by atoms with Gasteiger partial charge in [-0.1, -0.05) is 90.5 Å². The summed E-state index contributed by atoms with van der Waals surface area (Å²) in [4.78, 5) is 18.5. The summed E-state index contributed by atoms with van der Waals surface area (Å²) in [7, 11) is 0. The van der Waals surface area contributed by atoms with Gasteiger partial charge < -0.3 is 4.90 Å². The van der Waals surface area contributed by atoms with E-state index in [2.05, 4.69) is 97.6 Å². The molecule has 5 aromatic rings. The maximum atomic E-state index is 14.1. The van der Waals surface area contributed by atoms with E-state index in [1.165, 1.54) is 22.3 Å². The lowest BCUT2D eigenvalue weighted by atomic mass is 9.96.